The number of aromatic nitrogens is 4. The summed E-state index contributed by atoms with van der Waals surface area (Å²) in [6.45, 7) is 1.48. The maximum Gasteiger partial charge on any atom is 0.221 e. The van der Waals surface area contributed by atoms with E-state index in [1.807, 2.05) is 53.1 Å². The highest BCUT2D eigenvalue weighted by Gasteiger charge is 2.17. The zero-order valence-corrected chi connectivity index (χ0v) is 14.0. The van der Waals surface area contributed by atoms with Crippen molar-refractivity contribution >= 4 is 28.6 Å². The zero-order chi connectivity index (χ0) is 18.1. The van der Waals surface area contributed by atoms with Gasteiger partial charge in [-0.25, -0.2) is 15.0 Å². The van der Waals surface area contributed by atoms with Gasteiger partial charge in [-0.1, -0.05) is 0 Å². The van der Waals surface area contributed by atoms with Crippen LogP contribution in [0.25, 0.3) is 28.2 Å². The van der Waals surface area contributed by atoms with E-state index >= 15 is 0 Å². The molecule has 0 unspecified atom stereocenters. The highest BCUT2D eigenvalue weighted by Crippen LogP contribution is 2.30. The SMILES string of the molecule is CC(=O)Nc1ccc(-n2c(-c3cccnc3N)nc3cccnc32)cc1. The number of amides is 1. The van der Waals surface area contributed by atoms with Gasteiger partial charge in [0, 0.05) is 30.7 Å². The van der Waals surface area contributed by atoms with Crippen LogP contribution in [-0.2, 0) is 4.79 Å². The number of benzene rings is 1. The fourth-order valence-electron chi connectivity index (χ4n) is 2.84. The maximum atomic E-state index is 11.2. The standard InChI is InChI=1S/C19H16N6O/c1-12(26)23-13-6-8-14(9-7-13)25-18(15-4-2-10-21-17(15)20)24-16-5-3-11-22-19(16)25/h2-11H,1H3,(H2,20,21)(H,23,26). The molecule has 3 aromatic heterocycles. The molecule has 0 saturated heterocycles. The minimum absolute atomic E-state index is 0.115. The molecule has 3 heterocycles. The van der Waals surface area contributed by atoms with Crippen molar-refractivity contribution in [2.75, 3.05) is 11.1 Å². The van der Waals surface area contributed by atoms with Crippen molar-refractivity contribution in [2.45, 2.75) is 6.92 Å². The molecule has 0 fully saturated rings. The Morgan fingerprint density at radius 2 is 1.77 bits per heavy atom. The summed E-state index contributed by atoms with van der Waals surface area (Å²) in [6, 6.07) is 14.9. The topological polar surface area (TPSA) is 98.7 Å². The summed E-state index contributed by atoms with van der Waals surface area (Å²) in [5.41, 5.74) is 9.87. The number of imidazole rings is 1. The number of hydrogen-bond donors (Lipinski definition) is 2. The molecule has 0 radical (unpaired) electrons. The predicted octanol–water partition coefficient (Wildman–Crippen LogP) is 3.02. The number of nitrogen functional groups attached to an aromatic ring is 1. The number of rotatable bonds is 3. The number of hydrogen-bond acceptors (Lipinski definition) is 5. The van der Waals surface area contributed by atoms with Gasteiger partial charge in [0.25, 0.3) is 0 Å². The molecule has 0 bridgehead atoms. The van der Waals surface area contributed by atoms with Crippen molar-refractivity contribution in [3.05, 3.63) is 60.9 Å². The Morgan fingerprint density at radius 3 is 2.50 bits per heavy atom. The van der Waals surface area contributed by atoms with Crippen molar-refractivity contribution in [1.82, 2.24) is 19.5 Å². The van der Waals surface area contributed by atoms with Gasteiger partial charge in [-0.05, 0) is 48.5 Å². The molecule has 7 heteroatoms. The first-order valence-electron chi connectivity index (χ1n) is 8.06. The van der Waals surface area contributed by atoms with Crippen molar-refractivity contribution in [3.8, 4) is 17.1 Å². The molecule has 7 nitrogen and oxygen atoms in total. The zero-order valence-electron chi connectivity index (χ0n) is 14.0. The lowest BCUT2D eigenvalue weighted by Gasteiger charge is -2.11. The van der Waals surface area contributed by atoms with E-state index in [1.165, 1.54) is 6.92 Å². The van der Waals surface area contributed by atoms with Crippen molar-refractivity contribution in [2.24, 2.45) is 0 Å². The number of nitrogens with zero attached hydrogens (tertiary/aromatic N) is 4. The van der Waals surface area contributed by atoms with Crippen LogP contribution in [0, 0.1) is 0 Å². The molecule has 0 aliphatic carbocycles. The van der Waals surface area contributed by atoms with Crippen LogP contribution < -0.4 is 11.1 Å². The number of nitrogens with one attached hydrogen (secondary N) is 1. The van der Waals surface area contributed by atoms with E-state index in [4.69, 9.17) is 10.7 Å². The monoisotopic (exact) mass is 344 g/mol. The molecule has 0 aliphatic rings. The summed E-state index contributed by atoms with van der Waals surface area (Å²) >= 11 is 0. The van der Waals surface area contributed by atoms with E-state index < -0.39 is 0 Å². The molecule has 128 valence electrons. The first kappa shape index (κ1) is 15.8. The smallest absolute Gasteiger partial charge is 0.221 e. The minimum Gasteiger partial charge on any atom is -0.383 e. The van der Waals surface area contributed by atoms with Gasteiger partial charge < -0.3 is 11.1 Å². The predicted molar refractivity (Wildman–Crippen MR) is 101 cm³/mol. The van der Waals surface area contributed by atoms with Gasteiger partial charge >= 0.3 is 0 Å². The van der Waals surface area contributed by atoms with Gasteiger partial charge in [-0.3, -0.25) is 9.36 Å². The van der Waals surface area contributed by atoms with Crippen LogP contribution in [0.5, 0.6) is 0 Å². The molecule has 26 heavy (non-hydrogen) atoms. The lowest BCUT2D eigenvalue weighted by molar-refractivity contribution is -0.114. The van der Waals surface area contributed by atoms with Crippen LogP contribution in [0.3, 0.4) is 0 Å². The Labute approximate surface area is 149 Å². The Morgan fingerprint density at radius 1 is 1.04 bits per heavy atom. The number of carbonyl (C=O) groups excluding carboxylic acids is 1. The number of carbonyl (C=O) groups is 1. The first-order chi connectivity index (χ1) is 12.6. The molecule has 1 aromatic carbocycles. The van der Waals surface area contributed by atoms with Crippen LogP contribution in [0.15, 0.2) is 60.9 Å². The van der Waals surface area contributed by atoms with E-state index in [2.05, 4.69) is 15.3 Å². The molecule has 0 saturated carbocycles. The van der Waals surface area contributed by atoms with Gasteiger partial charge in [-0.15, -0.1) is 0 Å². The van der Waals surface area contributed by atoms with E-state index in [9.17, 15) is 4.79 Å². The lowest BCUT2D eigenvalue weighted by Crippen LogP contribution is -2.06. The fraction of sp³-hybridized carbons (Fsp3) is 0.0526. The summed E-state index contributed by atoms with van der Waals surface area (Å²) < 4.78 is 1.93. The van der Waals surface area contributed by atoms with Gasteiger partial charge in [0.05, 0.1) is 5.56 Å². The fourth-order valence-corrected chi connectivity index (χ4v) is 2.84. The first-order valence-corrected chi connectivity index (χ1v) is 8.06. The van der Waals surface area contributed by atoms with Crippen LogP contribution in [0.2, 0.25) is 0 Å². The Balaban J connectivity index is 1.92. The van der Waals surface area contributed by atoms with Crippen LogP contribution in [0.1, 0.15) is 6.92 Å². The quantitative estimate of drug-likeness (QED) is 0.595. The Hall–Kier alpha value is -3.74. The summed E-state index contributed by atoms with van der Waals surface area (Å²) in [5.74, 6) is 0.951. The van der Waals surface area contributed by atoms with Crippen molar-refractivity contribution in [3.63, 3.8) is 0 Å². The van der Waals surface area contributed by atoms with Gasteiger partial charge in [0.15, 0.2) is 11.5 Å². The molecule has 0 aliphatic heterocycles. The summed E-state index contributed by atoms with van der Waals surface area (Å²) in [6.07, 6.45) is 3.37. The number of pyridine rings is 2. The molecule has 0 spiro atoms. The van der Waals surface area contributed by atoms with Gasteiger partial charge in [0.2, 0.25) is 5.91 Å². The van der Waals surface area contributed by atoms with Crippen molar-refractivity contribution in [1.29, 1.82) is 0 Å². The second-order valence-corrected chi connectivity index (χ2v) is 5.78. The highest BCUT2D eigenvalue weighted by molar-refractivity contribution is 5.89. The van der Waals surface area contributed by atoms with Gasteiger partial charge in [0.1, 0.15) is 11.3 Å². The summed E-state index contributed by atoms with van der Waals surface area (Å²) in [4.78, 5) is 24.6. The number of anilines is 2. The van der Waals surface area contributed by atoms with Crippen molar-refractivity contribution < 1.29 is 4.79 Å². The molecule has 4 rings (SSSR count). The van der Waals surface area contributed by atoms with Crippen LogP contribution in [0.4, 0.5) is 11.5 Å². The second-order valence-electron chi connectivity index (χ2n) is 5.78. The van der Waals surface area contributed by atoms with E-state index in [-0.39, 0.29) is 5.91 Å². The highest BCUT2D eigenvalue weighted by atomic mass is 16.1. The van der Waals surface area contributed by atoms with Gasteiger partial charge in [-0.2, -0.15) is 0 Å². The third-order valence-corrected chi connectivity index (χ3v) is 3.94. The Kier molecular flexibility index (Phi) is 3.81. The average molecular weight is 344 g/mol. The average Bonchev–Trinajstić information content (AvgIpc) is 3.01. The molecule has 3 N–H and O–H groups in total. The van der Waals surface area contributed by atoms with E-state index in [0.717, 1.165) is 28.1 Å². The summed E-state index contributed by atoms with van der Waals surface area (Å²) in [5, 5.41) is 2.76. The second kappa shape index (κ2) is 6.29. The number of fused-ring (bicyclic) bond motifs is 1. The summed E-state index contributed by atoms with van der Waals surface area (Å²) in [7, 11) is 0. The molecular weight excluding hydrogens is 328 g/mol. The molecule has 1 amide bonds. The van der Waals surface area contributed by atoms with E-state index in [0.29, 0.717) is 11.6 Å². The third kappa shape index (κ3) is 2.75. The Bertz CT molecular complexity index is 1100. The molecular formula is C19H16N6O. The molecule has 4 aromatic rings. The third-order valence-electron chi connectivity index (χ3n) is 3.94. The van der Waals surface area contributed by atoms with E-state index in [1.54, 1.807) is 12.4 Å². The maximum absolute atomic E-state index is 11.2. The normalized spacial score (nSPS) is 10.8. The number of nitrogens with two attached hydrogens (primary N) is 1. The molecule has 0 atom stereocenters. The van der Waals surface area contributed by atoms with Crippen LogP contribution >= 0.6 is 0 Å². The minimum atomic E-state index is -0.115. The lowest BCUT2D eigenvalue weighted by atomic mass is 10.2. The van der Waals surface area contributed by atoms with Crippen LogP contribution in [-0.4, -0.2) is 25.4 Å². The largest absolute Gasteiger partial charge is 0.383 e.